The first-order valence-corrected chi connectivity index (χ1v) is 6.74. The predicted octanol–water partition coefficient (Wildman–Crippen LogP) is 1.82. The van der Waals surface area contributed by atoms with Crippen molar-refractivity contribution in [3.63, 3.8) is 0 Å². The van der Waals surface area contributed by atoms with E-state index in [0.717, 1.165) is 26.1 Å². The van der Waals surface area contributed by atoms with Crippen LogP contribution in [-0.4, -0.2) is 50.2 Å². The van der Waals surface area contributed by atoms with Crippen LogP contribution < -0.4 is 10.1 Å². The maximum atomic E-state index is 10.7. The topological polar surface area (TPSA) is 67.6 Å². The normalized spacial score (nSPS) is 10.8. The predicted molar refractivity (Wildman–Crippen MR) is 79.4 cm³/mol. The number of aryl methyl sites for hydroxylation is 1. The van der Waals surface area contributed by atoms with Gasteiger partial charge in [0.25, 0.3) is 5.69 Å². The molecule has 1 aromatic carbocycles. The molecular weight excluding hydrogens is 258 g/mol. The van der Waals surface area contributed by atoms with Gasteiger partial charge in [-0.3, -0.25) is 10.1 Å². The van der Waals surface area contributed by atoms with Gasteiger partial charge in [0.1, 0.15) is 5.75 Å². The minimum Gasteiger partial charge on any atom is -0.494 e. The fourth-order valence-corrected chi connectivity index (χ4v) is 1.74. The Morgan fingerprint density at radius 3 is 2.70 bits per heavy atom. The quantitative estimate of drug-likeness (QED) is 0.425. The molecule has 0 amide bonds. The van der Waals surface area contributed by atoms with Crippen molar-refractivity contribution in [1.82, 2.24) is 10.2 Å². The lowest BCUT2D eigenvalue weighted by molar-refractivity contribution is -0.385. The molecular formula is C14H23N3O3. The molecule has 0 bridgehead atoms. The molecule has 1 rings (SSSR count). The van der Waals surface area contributed by atoms with E-state index in [-0.39, 0.29) is 10.6 Å². The van der Waals surface area contributed by atoms with E-state index in [1.165, 1.54) is 6.07 Å². The number of hydrogen-bond acceptors (Lipinski definition) is 5. The molecule has 6 heteroatoms. The average Bonchev–Trinajstić information content (AvgIpc) is 2.37. The molecule has 0 heterocycles. The zero-order chi connectivity index (χ0) is 15.0. The molecule has 112 valence electrons. The fraction of sp³-hybridized carbons (Fsp3) is 0.571. The number of nitro benzene ring substituents is 1. The van der Waals surface area contributed by atoms with Crippen LogP contribution in [0.25, 0.3) is 0 Å². The maximum Gasteiger partial charge on any atom is 0.272 e. The molecule has 20 heavy (non-hydrogen) atoms. The molecule has 0 unspecified atom stereocenters. The zero-order valence-electron chi connectivity index (χ0n) is 12.4. The second-order valence-corrected chi connectivity index (χ2v) is 4.96. The summed E-state index contributed by atoms with van der Waals surface area (Å²) >= 11 is 0. The number of hydrogen-bond donors (Lipinski definition) is 1. The standard InChI is InChI=1S/C14H23N3O3/c1-12-11-13(5-6-14(12)17(18)19)20-10-4-7-15-8-9-16(2)3/h5-6,11,15H,4,7-10H2,1-3H3. The number of rotatable bonds is 9. The third-order valence-electron chi connectivity index (χ3n) is 2.87. The van der Waals surface area contributed by atoms with Gasteiger partial charge in [-0.15, -0.1) is 0 Å². The minimum atomic E-state index is -0.381. The summed E-state index contributed by atoms with van der Waals surface area (Å²) in [6.07, 6.45) is 0.906. The van der Waals surface area contributed by atoms with Crippen molar-refractivity contribution in [3.05, 3.63) is 33.9 Å². The van der Waals surface area contributed by atoms with Crippen LogP contribution in [0.5, 0.6) is 5.75 Å². The van der Waals surface area contributed by atoms with Crippen LogP contribution >= 0.6 is 0 Å². The lowest BCUT2D eigenvalue weighted by Crippen LogP contribution is -2.27. The highest BCUT2D eigenvalue weighted by molar-refractivity contribution is 5.44. The largest absolute Gasteiger partial charge is 0.494 e. The van der Waals surface area contributed by atoms with E-state index < -0.39 is 0 Å². The Hall–Kier alpha value is -1.66. The van der Waals surface area contributed by atoms with Crippen LogP contribution in [0.4, 0.5) is 5.69 Å². The molecule has 0 aliphatic heterocycles. The molecule has 1 aromatic rings. The van der Waals surface area contributed by atoms with Crippen LogP contribution in [0.3, 0.4) is 0 Å². The summed E-state index contributed by atoms with van der Waals surface area (Å²) < 4.78 is 5.58. The van der Waals surface area contributed by atoms with E-state index in [1.54, 1.807) is 19.1 Å². The second kappa shape index (κ2) is 8.50. The Labute approximate surface area is 119 Å². The van der Waals surface area contributed by atoms with Crippen LogP contribution in [0.2, 0.25) is 0 Å². The van der Waals surface area contributed by atoms with E-state index in [9.17, 15) is 10.1 Å². The van der Waals surface area contributed by atoms with Crippen molar-refractivity contribution < 1.29 is 9.66 Å². The van der Waals surface area contributed by atoms with E-state index >= 15 is 0 Å². The summed E-state index contributed by atoms with van der Waals surface area (Å²) in [7, 11) is 4.09. The molecule has 1 N–H and O–H groups in total. The number of likely N-dealkylation sites (N-methyl/N-ethyl adjacent to an activating group) is 1. The van der Waals surface area contributed by atoms with Crippen molar-refractivity contribution in [2.24, 2.45) is 0 Å². The van der Waals surface area contributed by atoms with Gasteiger partial charge in [0.2, 0.25) is 0 Å². The molecule has 6 nitrogen and oxygen atoms in total. The van der Waals surface area contributed by atoms with Crippen LogP contribution in [0.15, 0.2) is 18.2 Å². The summed E-state index contributed by atoms with van der Waals surface area (Å²) in [5, 5.41) is 14.0. The van der Waals surface area contributed by atoms with Gasteiger partial charge < -0.3 is 15.0 Å². The van der Waals surface area contributed by atoms with Gasteiger partial charge in [-0.1, -0.05) is 0 Å². The fourth-order valence-electron chi connectivity index (χ4n) is 1.74. The van der Waals surface area contributed by atoms with E-state index in [4.69, 9.17) is 4.74 Å². The summed E-state index contributed by atoms with van der Waals surface area (Å²) in [5.74, 6) is 0.682. The van der Waals surface area contributed by atoms with Crippen molar-refractivity contribution in [2.75, 3.05) is 40.3 Å². The maximum absolute atomic E-state index is 10.7. The number of ether oxygens (including phenoxy) is 1. The first-order chi connectivity index (χ1) is 9.50. The summed E-state index contributed by atoms with van der Waals surface area (Å²) in [4.78, 5) is 12.4. The lowest BCUT2D eigenvalue weighted by Gasteiger charge is -2.10. The Morgan fingerprint density at radius 2 is 2.10 bits per heavy atom. The van der Waals surface area contributed by atoms with Crippen molar-refractivity contribution in [2.45, 2.75) is 13.3 Å². The highest BCUT2D eigenvalue weighted by Gasteiger charge is 2.10. The van der Waals surface area contributed by atoms with Crippen molar-refractivity contribution >= 4 is 5.69 Å². The van der Waals surface area contributed by atoms with Crippen LogP contribution in [-0.2, 0) is 0 Å². The van der Waals surface area contributed by atoms with Gasteiger partial charge in [0.15, 0.2) is 0 Å². The third-order valence-corrected chi connectivity index (χ3v) is 2.87. The number of nitrogens with zero attached hydrogens (tertiary/aromatic N) is 2. The molecule has 0 saturated heterocycles. The highest BCUT2D eigenvalue weighted by Crippen LogP contribution is 2.22. The Bertz CT molecular complexity index is 436. The van der Waals surface area contributed by atoms with Gasteiger partial charge in [0, 0.05) is 24.7 Å². The van der Waals surface area contributed by atoms with Gasteiger partial charge in [0.05, 0.1) is 11.5 Å². The SMILES string of the molecule is Cc1cc(OCCCNCCN(C)C)ccc1[N+](=O)[O-]. The molecule has 0 spiro atoms. The lowest BCUT2D eigenvalue weighted by atomic mass is 10.2. The van der Waals surface area contributed by atoms with E-state index in [1.807, 2.05) is 14.1 Å². The molecule has 0 aliphatic rings. The first kappa shape index (κ1) is 16.4. The smallest absolute Gasteiger partial charge is 0.272 e. The number of benzene rings is 1. The third kappa shape index (κ3) is 5.99. The molecule has 0 fully saturated rings. The second-order valence-electron chi connectivity index (χ2n) is 4.96. The average molecular weight is 281 g/mol. The van der Waals surface area contributed by atoms with E-state index in [0.29, 0.717) is 17.9 Å². The minimum absolute atomic E-state index is 0.128. The molecule has 0 saturated carbocycles. The Balaban J connectivity index is 2.22. The molecule has 0 aliphatic carbocycles. The Morgan fingerprint density at radius 1 is 1.35 bits per heavy atom. The monoisotopic (exact) mass is 281 g/mol. The first-order valence-electron chi connectivity index (χ1n) is 6.74. The summed E-state index contributed by atoms with van der Waals surface area (Å²) in [5.41, 5.74) is 0.749. The highest BCUT2D eigenvalue weighted by atomic mass is 16.6. The summed E-state index contributed by atoms with van der Waals surface area (Å²) in [6.45, 7) is 5.20. The van der Waals surface area contributed by atoms with E-state index in [2.05, 4.69) is 10.2 Å². The summed E-state index contributed by atoms with van der Waals surface area (Å²) in [6, 6.07) is 4.84. The van der Waals surface area contributed by atoms with Crippen LogP contribution in [0.1, 0.15) is 12.0 Å². The number of nitrogens with one attached hydrogen (secondary N) is 1. The van der Waals surface area contributed by atoms with Gasteiger partial charge in [-0.25, -0.2) is 0 Å². The van der Waals surface area contributed by atoms with Crippen LogP contribution in [0, 0.1) is 17.0 Å². The molecule has 0 aromatic heterocycles. The van der Waals surface area contributed by atoms with Gasteiger partial charge >= 0.3 is 0 Å². The Kier molecular flexibility index (Phi) is 6.97. The van der Waals surface area contributed by atoms with Crippen molar-refractivity contribution in [1.29, 1.82) is 0 Å². The number of nitro groups is 1. The van der Waals surface area contributed by atoms with Crippen molar-refractivity contribution in [3.8, 4) is 5.75 Å². The zero-order valence-corrected chi connectivity index (χ0v) is 12.4. The molecule has 0 atom stereocenters. The van der Waals surface area contributed by atoms with Gasteiger partial charge in [-0.2, -0.15) is 0 Å². The van der Waals surface area contributed by atoms with Gasteiger partial charge in [-0.05, 0) is 46.1 Å². The molecule has 0 radical (unpaired) electrons.